The average Bonchev–Trinajstić information content (AvgIpc) is 2.75. The van der Waals surface area contributed by atoms with Crippen molar-refractivity contribution in [2.75, 3.05) is 41.5 Å². The third kappa shape index (κ3) is 6.36. The van der Waals surface area contributed by atoms with Crippen LogP contribution in [0, 0.1) is 0 Å². The second-order valence-electron chi connectivity index (χ2n) is 6.64. The maximum absolute atomic E-state index is 12.3. The summed E-state index contributed by atoms with van der Waals surface area (Å²) in [6, 6.07) is 11.9. The van der Waals surface area contributed by atoms with Crippen LogP contribution in [0.3, 0.4) is 0 Å². The van der Waals surface area contributed by atoms with E-state index in [2.05, 4.69) is 5.32 Å². The van der Waals surface area contributed by atoms with Crippen LogP contribution in [0.25, 0.3) is 0 Å². The van der Waals surface area contributed by atoms with E-state index in [1.807, 2.05) is 18.2 Å². The van der Waals surface area contributed by atoms with E-state index in [1.54, 1.807) is 25.3 Å². The van der Waals surface area contributed by atoms with Crippen LogP contribution in [0.1, 0.15) is 12.0 Å². The summed E-state index contributed by atoms with van der Waals surface area (Å²) in [5.41, 5.74) is 0.656. The van der Waals surface area contributed by atoms with Gasteiger partial charge in [-0.25, -0.2) is 12.7 Å². The van der Waals surface area contributed by atoms with Gasteiger partial charge < -0.3 is 19.5 Å². The molecule has 30 heavy (non-hydrogen) atoms. The molecule has 0 spiro atoms. The predicted molar refractivity (Wildman–Crippen MR) is 114 cm³/mol. The number of nitrogens with one attached hydrogen (secondary N) is 1. The van der Waals surface area contributed by atoms with E-state index in [0.29, 0.717) is 42.4 Å². The normalized spacial score (nSPS) is 11.2. The summed E-state index contributed by atoms with van der Waals surface area (Å²) in [4.78, 5) is 12.3. The fourth-order valence-electron chi connectivity index (χ4n) is 2.71. The molecule has 0 unspecified atom stereocenters. The van der Waals surface area contributed by atoms with Gasteiger partial charge in [0, 0.05) is 26.6 Å². The lowest BCUT2D eigenvalue weighted by molar-refractivity contribution is -0.121. The van der Waals surface area contributed by atoms with Crippen LogP contribution < -0.4 is 19.5 Å². The van der Waals surface area contributed by atoms with Gasteiger partial charge in [-0.2, -0.15) is 0 Å². The van der Waals surface area contributed by atoms with Gasteiger partial charge in [-0.1, -0.05) is 6.07 Å². The number of aryl methyl sites for hydroxylation is 1. The van der Waals surface area contributed by atoms with Crippen LogP contribution in [0.5, 0.6) is 17.2 Å². The lowest BCUT2D eigenvalue weighted by atomic mass is 10.1. The van der Waals surface area contributed by atoms with Crippen LogP contribution >= 0.6 is 0 Å². The number of amides is 1. The number of carbonyl (C=O) groups is 1. The SMILES string of the molecule is COc1cccc(OCCNC(=O)CCc2cc(S(=O)(=O)N(C)C)ccc2OC)c1. The summed E-state index contributed by atoms with van der Waals surface area (Å²) in [5.74, 6) is 1.74. The Bertz CT molecular complexity index is 960. The van der Waals surface area contributed by atoms with Gasteiger partial charge in [0.05, 0.1) is 25.7 Å². The van der Waals surface area contributed by atoms with E-state index in [9.17, 15) is 13.2 Å². The molecular weight excluding hydrogens is 408 g/mol. The van der Waals surface area contributed by atoms with E-state index in [4.69, 9.17) is 14.2 Å². The highest BCUT2D eigenvalue weighted by Gasteiger charge is 2.19. The van der Waals surface area contributed by atoms with E-state index in [1.165, 1.54) is 27.3 Å². The molecule has 0 aliphatic rings. The van der Waals surface area contributed by atoms with Crippen LogP contribution in [0.4, 0.5) is 0 Å². The van der Waals surface area contributed by atoms with Crippen LogP contribution in [0.2, 0.25) is 0 Å². The summed E-state index contributed by atoms with van der Waals surface area (Å²) >= 11 is 0. The first-order valence-electron chi connectivity index (χ1n) is 9.41. The summed E-state index contributed by atoms with van der Waals surface area (Å²) in [6.07, 6.45) is 0.545. The molecule has 164 valence electrons. The first-order chi connectivity index (χ1) is 14.3. The quantitative estimate of drug-likeness (QED) is 0.542. The third-order valence-corrected chi connectivity index (χ3v) is 6.20. The summed E-state index contributed by atoms with van der Waals surface area (Å²) in [7, 11) is 2.48. The zero-order chi connectivity index (χ0) is 22.1. The van der Waals surface area contributed by atoms with Gasteiger partial charge >= 0.3 is 0 Å². The lowest BCUT2D eigenvalue weighted by Gasteiger charge is -2.14. The largest absolute Gasteiger partial charge is 0.497 e. The minimum absolute atomic E-state index is 0.160. The van der Waals surface area contributed by atoms with Gasteiger partial charge in [0.15, 0.2) is 0 Å². The maximum Gasteiger partial charge on any atom is 0.242 e. The highest BCUT2D eigenvalue weighted by Crippen LogP contribution is 2.25. The van der Waals surface area contributed by atoms with Crippen molar-refractivity contribution in [1.82, 2.24) is 9.62 Å². The molecule has 0 aromatic heterocycles. The fourth-order valence-corrected chi connectivity index (χ4v) is 3.66. The summed E-state index contributed by atoms with van der Waals surface area (Å²) in [5, 5.41) is 2.79. The molecule has 9 heteroatoms. The molecule has 1 amide bonds. The number of hydrogen-bond acceptors (Lipinski definition) is 6. The van der Waals surface area contributed by atoms with E-state index >= 15 is 0 Å². The molecule has 0 atom stereocenters. The highest BCUT2D eigenvalue weighted by molar-refractivity contribution is 7.89. The average molecular weight is 437 g/mol. The zero-order valence-electron chi connectivity index (χ0n) is 17.7. The minimum Gasteiger partial charge on any atom is -0.497 e. The van der Waals surface area contributed by atoms with Crippen LogP contribution in [-0.4, -0.2) is 60.1 Å². The third-order valence-electron chi connectivity index (χ3n) is 4.39. The Hall–Kier alpha value is -2.78. The number of hydrogen-bond donors (Lipinski definition) is 1. The standard InChI is InChI=1S/C21H28N2O6S/c1-23(2)30(25,26)19-9-10-20(28-4)16(14-19)8-11-21(24)22-12-13-29-18-7-5-6-17(15-18)27-3/h5-7,9-10,14-15H,8,11-13H2,1-4H3,(H,22,24). The molecular formula is C21H28N2O6S. The van der Waals surface area contributed by atoms with Crippen LogP contribution in [0.15, 0.2) is 47.4 Å². The molecule has 0 aliphatic carbocycles. The molecule has 2 aromatic rings. The number of sulfonamides is 1. The Balaban J connectivity index is 1.87. The van der Waals surface area contributed by atoms with Crippen molar-refractivity contribution in [3.05, 3.63) is 48.0 Å². The molecule has 8 nitrogen and oxygen atoms in total. The first kappa shape index (κ1) is 23.5. The van der Waals surface area contributed by atoms with Gasteiger partial charge in [-0.05, 0) is 42.3 Å². The highest BCUT2D eigenvalue weighted by atomic mass is 32.2. The topological polar surface area (TPSA) is 94.2 Å². The molecule has 0 radical (unpaired) electrons. The lowest BCUT2D eigenvalue weighted by Crippen LogP contribution is -2.28. The summed E-state index contributed by atoms with van der Waals surface area (Å²) in [6.45, 7) is 0.668. The van der Waals surface area contributed by atoms with Crippen molar-refractivity contribution in [1.29, 1.82) is 0 Å². The van der Waals surface area contributed by atoms with Gasteiger partial charge in [-0.15, -0.1) is 0 Å². The molecule has 0 heterocycles. The Morgan fingerprint density at radius 3 is 2.43 bits per heavy atom. The fraction of sp³-hybridized carbons (Fsp3) is 0.381. The summed E-state index contributed by atoms with van der Waals surface area (Å²) < 4.78 is 41.8. The molecule has 0 fully saturated rings. The number of nitrogens with zero attached hydrogens (tertiary/aromatic N) is 1. The smallest absolute Gasteiger partial charge is 0.242 e. The number of methoxy groups -OCH3 is 2. The van der Waals surface area contributed by atoms with E-state index < -0.39 is 10.0 Å². The van der Waals surface area contributed by atoms with Crippen molar-refractivity contribution in [3.63, 3.8) is 0 Å². The van der Waals surface area contributed by atoms with Gasteiger partial charge in [0.2, 0.25) is 15.9 Å². The molecule has 0 aliphatic heterocycles. The molecule has 0 bridgehead atoms. The van der Waals surface area contributed by atoms with Crippen molar-refractivity contribution in [3.8, 4) is 17.2 Å². The first-order valence-corrected chi connectivity index (χ1v) is 10.8. The van der Waals surface area contributed by atoms with Crippen molar-refractivity contribution >= 4 is 15.9 Å². The van der Waals surface area contributed by atoms with Gasteiger partial charge in [0.1, 0.15) is 23.9 Å². The number of carbonyl (C=O) groups excluding carboxylic acids is 1. The van der Waals surface area contributed by atoms with Crippen molar-refractivity contribution in [2.45, 2.75) is 17.7 Å². The second kappa shape index (κ2) is 10.8. The van der Waals surface area contributed by atoms with Gasteiger partial charge in [-0.3, -0.25) is 4.79 Å². The molecule has 2 aromatic carbocycles. The predicted octanol–water partition coefficient (Wildman–Crippen LogP) is 2.08. The zero-order valence-corrected chi connectivity index (χ0v) is 18.5. The molecule has 2 rings (SSSR count). The Morgan fingerprint density at radius 2 is 1.77 bits per heavy atom. The second-order valence-corrected chi connectivity index (χ2v) is 8.79. The maximum atomic E-state index is 12.3. The van der Waals surface area contributed by atoms with Crippen LogP contribution in [-0.2, 0) is 21.2 Å². The monoisotopic (exact) mass is 436 g/mol. The van der Waals surface area contributed by atoms with Gasteiger partial charge in [0.25, 0.3) is 0 Å². The number of rotatable bonds is 11. The van der Waals surface area contributed by atoms with Crippen molar-refractivity contribution < 1.29 is 27.4 Å². The van der Waals surface area contributed by atoms with Crippen molar-refractivity contribution in [2.24, 2.45) is 0 Å². The number of ether oxygens (including phenoxy) is 3. The Morgan fingerprint density at radius 1 is 1.03 bits per heavy atom. The molecule has 1 N–H and O–H groups in total. The van der Waals surface area contributed by atoms with E-state index in [-0.39, 0.29) is 17.2 Å². The molecule has 0 saturated carbocycles. The number of benzene rings is 2. The minimum atomic E-state index is -3.56. The molecule has 0 saturated heterocycles. The Labute approximate surface area is 177 Å². The Kier molecular flexibility index (Phi) is 8.49. The van der Waals surface area contributed by atoms with E-state index in [0.717, 1.165) is 4.31 Å².